The summed E-state index contributed by atoms with van der Waals surface area (Å²) in [5.74, 6) is -0.955. The maximum absolute atomic E-state index is 11.0. The average Bonchev–Trinajstić information content (AvgIpc) is 2.51. The van der Waals surface area contributed by atoms with Crippen LogP contribution in [0.15, 0.2) is 23.8 Å². The van der Waals surface area contributed by atoms with Gasteiger partial charge in [0.05, 0.1) is 6.42 Å². The molecule has 0 unspecified atom stereocenters. The lowest BCUT2D eigenvalue weighted by Crippen LogP contribution is -1.96. The summed E-state index contributed by atoms with van der Waals surface area (Å²) in [6.45, 7) is 2.16. The van der Waals surface area contributed by atoms with Crippen molar-refractivity contribution in [2.45, 2.75) is 39.0 Å². The number of ether oxygens (including phenoxy) is 1. The molecule has 1 rings (SSSR count). The molecule has 0 aromatic heterocycles. The van der Waals surface area contributed by atoms with E-state index in [-0.39, 0.29) is 6.42 Å². The summed E-state index contributed by atoms with van der Waals surface area (Å²) in [7, 11) is 0. The van der Waals surface area contributed by atoms with Crippen LogP contribution in [0.3, 0.4) is 0 Å². The predicted octanol–water partition coefficient (Wildman–Crippen LogP) is 2.52. The molecule has 15 heavy (non-hydrogen) atoms. The second-order valence-corrected chi connectivity index (χ2v) is 3.55. The Balaban J connectivity index is 2.31. The highest BCUT2D eigenvalue weighted by Crippen LogP contribution is 2.14. The Morgan fingerprint density at radius 3 is 2.73 bits per heavy atom. The minimum atomic E-state index is -0.502. The molecule has 0 saturated carbocycles. The van der Waals surface area contributed by atoms with E-state index in [1.165, 1.54) is 19.3 Å². The highest BCUT2D eigenvalue weighted by Gasteiger charge is 2.25. The van der Waals surface area contributed by atoms with Crippen LogP contribution in [0.25, 0.3) is 0 Å². The van der Waals surface area contributed by atoms with Crippen molar-refractivity contribution in [3.05, 3.63) is 23.8 Å². The fraction of sp³-hybridized carbons (Fsp3) is 0.500. The minimum absolute atomic E-state index is 0.109. The zero-order valence-corrected chi connectivity index (χ0v) is 8.99. The van der Waals surface area contributed by atoms with Crippen LogP contribution in [0.2, 0.25) is 0 Å². The maximum atomic E-state index is 11.0. The monoisotopic (exact) mass is 208 g/mol. The van der Waals surface area contributed by atoms with Crippen molar-refractivity contribution < 1.29 is 14.3 Å². The summed E-state index contributed by atoms with van der Waals surface area (Å²) >= 11 is 0. The number of allylic oxidation sites excluding steroid dienone is 3. The van der Waals surface area contributed by atoms with Gasteiger partial charge in [0.1, 0.15) is 0 Å². The molecular weight excluding hydrogens is 192 g/mol. The second-order valence-electron chi connectivity index (χ2n) is 3.55. The molecule has 1 aliphatic heterocycles. The molecule has 0 N–H and O–H groups in total. The van der Waals surface area contributed by atoms with E-state index in [1.54, 1.807) is 6.08 Å². The van der Waals surface area contributed by atoms with Crippen LogP contribution >= 0.6 is 0 Å². The van der Waals surface area contributed by atoms with Gasteiger partial charge < -0.3 is 4.74 Å². The number of cyclic esters (lactones) is 2. The molecule has 0 aromatic rings. The largest absolute Gasteiger partial charge is 0.389 e. The lowest BCUT2D eigenvalue weighted by Gasteiger charge is -1.90. The lowest BCUT2D eigenvalue weighted by atomic mass is 10.1. The molecule has 3 heteroatoms. The van der Waals surface area contributed by atoms with Crippen molar-refractivity contribution in [2.24, 2.45) is 0 Å². The van der Waals surface area contributed by atoms with Crippen molar-refractivity contribution >= 4 is 11.9 Å². The van der Waals surface area contributed by atoms with E-state index in [2.05, 4.69) is 11.7 Å². The van der Waals surface area contributed by atoms with E-state index in [0.29, 0.717) is 5.57 Å². The third-order valence-electron chi connectivity index (χ3n) is 2.21. The summed E-state index contributed by atoms with van der Waals surface area (Å²) in [4.78, 5) is 21.7. The minimum Gasteiger partial charge on any atom is -0.389 e. The van der Waals surface area contributed by atoms with Gasteiger partial charge in [-0.3, -0.25) is 4.79 Å². The van der Waals surface area contributed by atoms with Crippen molar-refractivity contribution in [2.75, 3.05) is 0 Å². The summed E-state index contributed by atoms with van der Waals surface area (Å²) in [6.07, 6.45) is 10.2. The quantitative estimate of drug-likeness (QED) is 0.302. The van der Waals surface area contributed by atoms with Crippen molar-refractivity contribution in [3.8, 4) is 0 Å². The van der Waals surface area contributed by atoms with Gasteiger partial charge in [-0.25, -0.2) is 4.79 Å². The van der Waals surface area contributed by atoms with Gasteiger partial charge in [-0.1, -0.05) is 38.0 Å². The number of rotatable bonds is 5. The number of hydrogen-bond donors (Lipinski definition) is 0. The van der Waals surface area contributed by atoms with Gasteiger partial charge in [-0.05, 0) is 12.8 Å². The van der Waals surface area contributed by atoms with E-state index in [9.17, 15) is 9.59 Å². The number of esters is 2. The van der Waals surface area contributed by atoms with Crippen molar-refractivity contribution in [1.29, 1.82) is 0 Å². The Labute approximate surface area is 89.8 Å². The third kappa shape index (κ3) is 4.11. The molecule has 0 bridgehead atoms. The van der Waals surface area contributed by atoms with E-state index >= 15 is 0 Å². The molecule has 1 saturated heterocycles. The van der Waals surface area contributed by atoms with Crippen LogP contribution in [-0.2, 0) is 14.3 Å². The first-order valence-electron chi connectivity index (χ1n) is 5.34. The van der Waals surface area contributed by atoms with Gasteiger partial charge in [-0.15, -0.1) is 0 Å². The van der Waals surface area contributed by atoms with E-state index < -0.39 is 11.9 Å². The second kappa shape index (κ2) is 6.17. The SMILES string of the molecule is CCCCCC=CC=C1CC(=O)OC1=O. The van der Waals surface area contributed by atoms with Crippen LogP contribution in [0.5, 0.6) is 0 Å². The van der Waals surface area contributed by atoms with Gasteiger partial charge in [0.25, 0.3) is 0 Å². The normalized spacial score (nSPS) is 19.1. The number of carbonyl (C=O) groups excluding carboxylic acids is 2. The summed E-state index contributed by atoms with van der Waals surface area (Å²) in [5.41, 5.74) is 0.451. The fourth-order valence-corrected chi connectivity index (χ4v) is 1.35. The molecule has 1 aliphatic rings. The lowest BCUT2D eigenvalue weighted by molar-refractivity contribution is -0.151. The first kappa shape index (κ1) is 11.7. The molecule has 0 atom stereocenters. The molecule has 1 heterocycles. The van der Waals surface area contributed by atoms with Gasteiger partial charge in [0.15, 0.2) is 0 Å². The smallest absolute Gasteiger partial charge is 0.342 e. The molecular formula is C12H16O3. The molecule has 0 radical (unpaired) electrons. The average molecular weight is 208 g/mol. The Kier molecular flexibility index (Phi) is 4.81. The number of unbranched alkanes of at least 4 members (excludes halogenated alkanes) is 3. The first-order chi connectivity index (χ1) is 7.24. The van der Waals surface area contributed by atoms with Gasteiger partial charge >= 0.3 is 11.9 Å². The molecule has 1 fully saturated rings. The Hall–Kier alpha value is -1.38. The standard InChI is InChI=1S/C12H16O3/c1-2-3-4-5-6-7-8-10-9-11(13)15-12(10)14/h6-8H,2-5,9H2,1H3. The molecule has 0 aromatic carbocycles. The Morgan fingerprint density at radius 2 is 2.13 bits per heavy atom. The van der Waals surface area contributed by atoms with Crippen LogP contribution in [0.4, 0.5) is 0 Å². The molecule has 0 spiro atoms. The van der Waals surface area contributed by atoms with E-state index in [1.807, 2.05) is 12.2 Å². The zero-order valence-electron chi connectivity index (χ0n) is 8.99. The summed E-state index contributed by atoms with van der Waals surface area (Å²) in [5, 5.41) is 0. The van der Waals surface area contributed by atoms with Crippen LogP contribution in [0.1, 0.15) is 39.0 Å². The summed E-state index contributed by atoms with van der Waals surface area (Å²) in [6, 6.07) is 0. The van der Waals surface area contributed by atoms with E-state index in [0.717, 1.165) is 6.42 Å². The molecule has 82 valence electrons. The number of hydrogen-bond acceptors (Lipinski definition) is 3. The Bertz CT molecular complexity index is 300. The molecule has 3 nitrogen and oxygen atoms in total. The van der Waals surface area contributed by atoms with Crippen LogP contribution < -0.4 is 0 Å². The maximum Gasteiger partial charge on any atom is 0.342 e. The highest BCUT2D eigenvalue weighted by atomic mass is 16.6. The summed E-state index contributed by atoms with van der Waals surface area (Å²) < 4.78 is 4.39. The zero-order chi connectivity index (χ0) is 11.1. The fourth-order valence-electron chi connectivity index (χ4n) is 1.35. The van der Waals surface area contributed by atoms with Crippen molar-refractivity contribution in [1.82, 2.24) is 0 Å². The van der Waals surface area contributed by atoms with Crippen molar-refractivity contribution in [3.63, 3.8) is 0 Å². The predicted molar refractivity (Wildman–Crippen MR) is 57.1 cm³/mol. The topological polar surface area (TPSA) is 43.4 Å². The Morgan fingerprint density at radius 1 is 1.33 bits per heavy atom. The highest BCUT2D eigenvalue weighted by molar-refractivity contribution is 6.05. The van der Waals surface area contributed by atoms with E-state index in [4.69, 9.17) is 0 Å². The number of carbonyl (C=O) groups is 2. The van der Waals surface area contributed by atoms with Gasteiger partial charge in [0, 0.05) is 5.57 Å². The van der Waals surface area contributed by atoms with Gasteiger partial charge in [0.2, 0.25) is 0 Å². The molecule has 0 aliphatic carbocycles. The first-order valence-corrected chi connectivity index (χ1v) is 5.34. The van der Waals surface area contributed by atoms with Gasteiger partial charge in [-0.2, -0.15) is 0 Å². The van der Waals surface area contributed by atoms with Crippen LogP contribution in [-0.4, -0.2) is 11.9 Å². The van der Waals surface area contributed by atoms with Crippen LogP contribution in [0, 0.1) is 0 Å². The molecule has 0 amide bonds. The third-order valence-corrected chi connectivity index (χ3v) is 2.21.